The van der Waals surface area contributed by atoms with Crippen LogP contribution in [0.3, 0.4) is 0 Å². The van der Waals surface area contributed by atoms with E-state index >= 15 is 0 Å². The summed E-state index contributed by atoms with van der Waals surface area (Å²) < 4.78 is 81.1. The maximum Gasteiger partial charge on any atom is 0.416 e. The highest BCUT2D eigenvalue weighted by Gasteiger charge is 2.52. The molecule has 2 bridgehead atoms. The van der Waals surface area contributed by atoms with E-state index in [1.54, 1.807) is 27.7 Å². The van der Waals surface area contributed by atoms with Crippen LogP contribution in [-0.4, -0.2) is 34.2 Å². The zero-order chi connectivity index (χ0) is 28.9. The van der Waals surface area contributed by atoms with E-state index in [1.807, 2.05) is 0 Å². The van der Waals surface area contributed by atoms with Crippen molar-refractivity contribution in [2.75, 3.05) is 0 Å². The maximum absolute atomic E-state index is 13.5. The Bertz CT molecular complexity index is 1300. The molecule has 2 saturated carbocycles. The van der Waals surface area contributed by atoms with Crippen molar-refractivity contribution in [1.82, 2.24) is 0 Å². The summed E-state index contributed by atoms with van der Waals surface area (Å²) in [4.78, 5) is 9.24. The van der Waals surface area contributed by atoms with E-state index in [0.717, 1.165) is 30.7 Å². The molecule has 0 amide bonds. The number of fused-ring (bicyclic) bond motifs is 2. The summed E-state index contributed by atoms with van der Waals surface area (Å²) in [5, 5.41) is 21.3. The van der Waals surface area contributed by atoms with Gasteiger partial charge in [-0.1, -0.05) is 27.7 Å². The van der Waals surface area contributed by atoms with Crippen molar-refractivity contribution in [1.29, 1.82) is 0 Å². The first-order valence-electron chi connectivity index (χ1n) is 13.0. The van der Waals surface area contributed by atoms with Gasteiger partial charge in [0, 0.05) is 23.6 Å². The molecule has 3 atom stereocenters. The quantitative estimate of drug-likeness (QED) is 0.279. The summed E-state index contributed by atoms with van der Waals surface area (Å²) in [6.07, 6.45) is -3.97. The van der Waals surface area contributed by atoms with Gasteiger partial charge in [0.25, 0.3) is 0 Å². The van der Waals surface area contributed by atoms with Crippen LogP contribution in [0.2, 0.25) is 0 Å². The van der Waals surface area contributed by atoms with Crippen LogP contribution in [-0.2, 0) is 12.4 Å². The number of phenolic OH excluding ortho intramolecular Hbond substituents is 2. The normalized spacial score (nSPS) is 23.8. The lowest BCUT2D eigenvalue weighted by Gasteiger charge is -2.29. The van der Waals surface area contributed by atoms with Crippen LogP contribution in [0.1, 0.15) is 98.6 Å². The summed E-state index contributed by atoms with van der Waals surface area (Å²) in [7, 11) is 0. The second kappa shape index (κ2) is 10.2. The highest BCUT2D eigenvalue weighted by molar-refractivity contribution is 5.86. The summed E-state index contributed by atoms with van der Waals surface area (Å²) in [6.45, 7) is 6.74. The minimum Gasteiger partial charge on any atom is -0.507 e. The summed E-state index contributed by atoms with van der Waals surface area (Å²) in [5.74, 6) is -0.965. The van der Waals surface area contributed by atoms with Gasteiger partial charge in [-0.25, -0.2) is 0 Å². The first-order valence-corrected chi connectivity index (χ1v) is 13.0. The number of alkyl halides is 6. The predicted molar refractivity (Wildman–Crippen MR) is 138 cm³/mol. The van der Waals surface area contributed by atoms with Gasteiger partial charge in [0.05, 0.1) is 22.7 Å². The van der Waals surface area contributed by atoms with Gasteiger partial charge in [0.15, 0.2) is 0 Å². The molecular weight excluding hydrogens is 522 g/mol. The van der Waals surface area contributed by atoms with Crippen LogP contribution in [0.25, 0.3) is 0 Å². The minimum absolute atomic E-state index is 0.0434. The minimum atomic E-state index is -4.60. The number of benzene rings is 2. The number of hydrogen-bond donors (Lipinski definition) is 2. The second-order valence-electron chi connectivity index (χ2n) is 11.3. The molecular formula is C29H32F6N2O2. The van der Waals surface area contributed by atoms with Gasteiger partial charge in [-0.05, 0) is 78.8 Å². The lowest BCUT2D eigenvalue weighted by molar-refractivity contribution is -0.138. The first kappa shape index (κ1) is 29.0. The standard InChI is InChI=1S/C29H32F6N2O2/c1-15(2)22-10-20(28(30,31)32)8-18(25(22)38)13-36-24-7-17-5-6-27(24,12-17)37-14-19-9-21(29(33,34)35)11-23(16(3)4)26(19)39/h8-11,13-17,24,38-39H,5-7,12H2,1-4H3. The lowest BCUT2D eigenvalue weighted by atomic mass is 9.89. The van der Waals surface area contributed by atoms with Crippen LogP contribution < -0.4 is 0 Å². The fourth-order valence-electron chi connectivity index (χ4n) is 5.73. The number of aliphatic imine (C=N–C) groups is 2. The van der Waals surface area contributed by atoms with Crippen LogP contribution in [0, 0.1) is 5.92 Å². The fourth-order valence-corrected chi connectivity index (χ4v) is 5.73. The number of rotatable bonds is 6. The smallest absolute Gasteiger partial charge is 0.416 e. The Morgan fingerprint density at radius 2 is 1.31 bits per heavy atom. The summed E-state index contributed by atoms with van der Waals surface area (Å²) in [5.41, 5.74) is -2.28. The molecule has 212 valence electrons. The highest BCUT2D eigenvalue weighted by Crippen LogP contribution is 2.52. The predicted octanol–water partition coefficient (Wildman–Crippen LogP) is 8.23. The Kier molecular flexibility index (Phi) is 7.55. The number of nitrogens with zero attached hydrogens (tertiary/aromatic N) is 2. The lowest BCUT2D eigenvalue weighted by Crippen LogP contribution is -2.34. The molecule has 0 spiro atoms. The SMILES string of the molecule is CC(C)c1cc(C(F)(F)F)cc(C=NC2CC3CCC2(N=Cc2cc(C(F)(F)F)cc(C(C)C)c2O)C3)c1O. The van der Waals surface area contributed by atoms with Gasteiger partial charge in [0.1, 0.15) is 11.5 Å². The molecule has 4 rings (SSSR count). The molecule has 3 unspecified atom stereocenters. The Morgan fingerprint density at radius 1 is 0.821 bits per heavy atom. The molecule has 2 aromatic carbocycles. The molecule has 0 radical (unpaired) electrons. The van der Waals surface area contributed by atoms with Gasteiger partial charge < -0.3 is 10.2 Å². The van der Waals surface area contributed by atoms with Crippen molar-refractivity contribution >= 4 is 12.4 Å². The molecule has 0 heterocycles. The van der Waals surface area contributed by atoms with Crippen LogP contribution in [0.15, 0.2) is 34.3 Å². The van der Waals surface area contributed by atoms with Crippen molar-refractivity contribution in [2.45, 2.75) is 89.1 Å². The molecule has 4 nitrogen and oxygen atoms in total. The van der Waals surface area contributed by atoms with Crippen molar-refractivity contribution in [3.8, 4) is 11.5 Å². The van der Waals surface area contributed by atoms with E-state index in [9.17, 15) is 36.6 Å². The van der Waals surface area contributed by atoms with Gasteiger partial charge in [-0.15, -0.1) is 0 Å². The van der Waals surface area contributed by atoms with Crippen LogP contribution >= 0.6 is 0 Å². The largest absolute Gasteiger partial charge is 0.507 e. The van der Waals surface area contributed by atoms with E-state index in [0.29, 0.717) is 19.3 Å². The van der Waals surface area contributed by atoms with E-state index in [2.05, 4.69) is 9.98 Å². The number of halogens is 6. The second-order valence-corrected chi connectivity index (χ2v) is 11.3. The summed E-state index contributed by atoms with van der Waals surface area (Å²) in [6, 6.07) is 3.18. The first-order chi connectivity index (χ1) is 18.0. The van der Waals surface area contributed by atoms with Gasteiger partial charge in [-0.3, -0.25) is 9.98 Å². The molecule has 2 fully saturated rings. The third-order valence-corrected chi connectivity index (χ3v) is 7.90. The molecule has 0 saturated heterocycles. The average molecular weight is 555 g/mol. The fraction of sp³-hybridized carbons (Fsp3) is 0.517. The summed E-state index contributed by atoms with van der Waals surface area (Å²) >= 11 is 0. The Balaban J connectivity index is 1.70. The van der Waals surface area contributed by atoms with Gasteiger partial charge >= 0.3 is 12.4 Å². The molecule has 39 heavy (non-hydrogen) atoms. The molecule has 2 aliphatic carbocycles. The van der Waals surface area contributed by atoms with E-state index < -0.39 is 35.1 Å². The van der Waals surface area contributed by atoms with Crippen molar-refractivity contribution in [3.05, 3.63) is 57.6 Å². The average Bonchev–Trinajstić information content (AvgIpc) is 3.39. The molecule has 0 aromatic heterocycles. The van der Waals surface area contributed by atoms with Crippen molar-refractivity contribution < 1.29 is 36.6 Å². The third-order valence-electron chi connectivity index (χ3n) is 7.90. The zero-order valence-electron chi connectivity index (χ0n) is 22.2. The third kappa shape index (κ3) is 5.79. The Morgan fingerprint density at radius 3 is 1.74 bits per heavy atom. The number of hydrogen-bond acceptors (Lipinski definition) is 4. The Hall–Kier alpha value is -3.04. The Labute approximate surface area is 223 Å². The van der Waals surface area contributed by atoms with Crippen molar-refractivity contribution in [3.63, 3.8) is 0 Å². The molecule has 2 aliphatic rings. The molecule has 2 aromatic rings. The number of phenols is 2. The van der Waals surface area contributed by atoms with Crippen LogP contribution in [0.5, 0.6) is 11.5 Å². The van der Waals surface area contributed by atoms with Gasteiger partial charge in [0.2, 0.25) is 0 Å². The van der Waals surface area contributed by atoms with Crippen molar-refractivity contribution in [2.24, 2.45) is 15.9 Å². The highest BCUT2D eigenvalue weighted by atomic mass is 19.4. The molecule has 10 heteroatoms. The van der Waals surface area contributed by atoms with E-state index in [1.165, 1.54) is 12.4 Å². The molecule has 2 N–H and O–H groups in total. The van der Waals surface area contributed by atoms with E-state index in [-0.39, 0.29) is 51.5 Å². The monoisotopic (exact) mass is 554 g/mol. The van der Waals surface area contributed by atoms with Gasteiger partial charge in [-0.2, -0.15) is 26.3 Å². The van der Waals surface area contributed by atoms with E-state index in [4.69, 9.17) is 0 Å². The van der Waals surface area contributed by atoms with Crippen LogP contribution in [0.4, 0.5) is 26.3 Å². The molecule has 0 aliphatic heterocycles. The maximum atomic E-state index is 13.5. The number of aromatic hydroxyl groups is 2. The zero-order valence-corrected chi connectivity index (χ0v) is 22.2. The topological polar surface area (TPSA) is 65.2 Å².